The molecule has 1 heterocycles. The average Bonchev–Trinajstić information content (AvgIpc) is 2.36. The average molecular weight is 312 g/mol. The first kappa shape index (κ1) is 20.5. The number of carbonyl (C=O) groups is 2. The summed E-state index contributed by atoms with van der Waals surface area (Å²) in [5, 5.41) is 3.19. The Bertz CT molecular complexity index is 295. The van der Waals surface area contributed by atoms with Crippen LogP contribution in [0.3, 0.4) is 0 Å². The highest BCUT2D eigenvalue weighted by atomic mass is 35.5. The predicted molar refractivity (Wildman–Crippen MR) is 81.0 cm³/mol. The molecule has 0 spiro atoms. The molecular weight excluding hydrogens is 289 g/mol. The van der Waals surface area contributed by atoms with Gasteiger partial charge < -0.3 is 15.1 Å². The topological polar surface area (TPSA) is 52.7 Å². The van der Waals surface area contributed by atoms with Crippen LogP contribution >= 0.6 is 24.8 Å². The Labute approximate surface area is 127 Å². The van der Waals surface area contributed by atoms with Gasteiger partial charge >= 0.3 is 0 Å². The number of rotatable bonds is 5. The van der Waals surface area contributed by atoms with E-state index in [0.717, 1.165) is 26.2 Å². The number of hydrogen-bond donors (Lipinski definition) is 1. The summed E-state index contributed by atoms with van der Waals surface area (Å²) in [6, 6.07) is 0. The molecule has 1 fully saturated rings. The van der Waals surface area contributed by atoms with Gasteiger partial charge in [-0.1, -0.05) is 6.08 Å². The van der Waals surface area contributed by atoms with Crippen LogP contribution in [0.1, 0.15) is 12.8 Å². The molecule has 0 aromatic rings. The van der Waals surface area contributed by atoms with Crippen molar-refractivity contribution < 1.29 is 9.59 Å². The zero-order chi connectivity index (χ0) is 12.7. The van der Waals surface area contributed by atoms with Gasteiger partial charge in [-0.25, -0.2) is 0 Å². The van der Waals surface area contributed by atoms with E-state index in [1.807, 2.05) is 0 Å². The molecule has 0 radical (unpaired) electrons. The summed E-state index contributed by atoms with van der Waals surface area (Å²) >= 11 is 0. The fourth-order valence-electron chi connectivity index (χ4n) is 1.72. The first-order valence-electron chi connectivity index (χ1n) is 5.98. The molecule has 1 aliphatic heterocycles. The number of nitrogens with zero attached hydrogens (tertiary/aromatic N) is 2. The largest absolute Gasteiger partial charge is 0.339 e. The van der Waals surface area contributed by atoms with Crippen LogP contribution in [0.5, 0.6) is 0 Å². The van der Waals surface area contributed by atoms with E-state index in [-0.39, 0.29) is 43.2 Å². The van der Waals surface area contributed by atoms with Gasteiger partial charge in [0, 0.05) is 39.6 Å². The van der Waals surface area contributed by atoms with Crippen LogP contribution in [0, 0.1) is 0 Å². The summed E-state index contributed by atoms with van der Waals surface area (Å²) in [6.07, 6.45) is 2.80. The highest BCUT2D eigenvalue weighted by Crippen LogP contribution is 1.99. The Morgan fingerprint density at radius 3 is 2.42 bits per heavy atom. The molecule has 19 heavy (non-hydrogen) atoms. The number of carbonyl (C=O) groups excluding carboxylic acids is 2. The molecule has 0 aromatic carbocycles. The maximum atomic E-state index is 11.9. The lowest BCUT2D eigenvalue weighted by atomic mass is 10.2. The summed E-state index contributed by atoms with van der Waals surface area (Å²) in [7, 11) is 1.67. The Kier molecular flexibility index (Phi) is 12.0. The van der Waals surface area contributed by atoms with Crippen molar-refractivity contribution in [2.75, 3.05) is 39.8 Å². The zero-order valence-electron chi connectivity index (χ0n) is 11.3. The Hall–Kier alpha value is -0.780. The zero-order valence-corrected chi connectivity index (χ0v) is 12.9. The number of nitrogens with one attached hydrogen (secondary N) is 1. The van der Waals surface area contributed by atoms with E-state index >= 15 is 0 Å². The number of halogens is 2. The number of amides is 2. The van der Waals surface area contributed by atoms with E-state index in [4.69, 9.17) is 0 Å². The van der Waals surface area contributed by atoms with Crippen LogP contribution in [-0.2, 0) is 9.59 Å². The minimum absolute atomic E-state index is 0. The van der Waals surface area contributed by atoms with Crippen molar-refractivity contribution in [2.45, 2.75) is 12.8 Å². The van der Waals surface area contributed by atoms with Crippen molar-refractivity contribution in [3.8, 4) is 0 Å². The highest BCUT2D eigenvalue weighted by molar-refractivity contribution is 5.86. The molecule has 0 atom stereocenters. The summed E-state index contributed by atoms with van der Waals surface area (Å²) in [6.45, 7) is 6.88. The summed E-state index contributed by atoms with van der Waals surface area (Å²) in [4.78, 5) is 26.8. The monoisotopic (exact) mass is 311 g/mol. The third kappa shape index (κ3) is 7.40. The SMILES string of the molecule is C=CCCC(=O)N(C)CC(=O)N1CCNCC1.Cl.Cl. The van der Waals surface area contributed by atoms with Crippen LogP contribution in [0.2, 0.25) is 0 Å². The molecule has 0 bridgehead atoms. The molecule has 112 valence electrons. The number of piperazine rings is 1. The molecule has 5 nitrogen and oxygen atoms in total. The maximum Gasteiger partial charge on any atom is 0.242 e. The van der Waals surface area contributed by atoms with Crippen LogP contribution in [0.4, 0.5) is 0 Å². The molecule has 1 rings (SSSR count). The molecule has 0 unspecified atom stereocenters. The molecule has 0 aliphatic carbocycles. The van der Waals surface area contributed by atoms with Crippen molar-refractivity contribution in [1.82, 2.24) is 15.1 Å². The molecule has 1 saturated heterocycles. The lowest BCUT2D eigenvalue weighted by Crippen LogP contribution is -2.49. The van der Waals surface area contributed by atoms with Crippen LogP contribution in [0.25, 0.3) is 0 Å². The quantitative estimate of drug-likeness (QED) is 0.760. The van der Waals surface area contributed by atoms with Gasteiger partial charge in [-0.15, -0.1) is 31.4 Å². The van der Waals surface area contributed by atoms with Crippen molar-refractivity contribution in [3.05, 3.63) is 12.7 Å². The number of likely N-dealkylation sites (N-methyl/N-ethyl adjacent to an activating group) is 1. The van der Waals surface area contributed by atoms with Crippen LogP contribution < -0.4 is 5.32 Å². The Morgan fingerprint density at radius 1 is 1.32 bits per heavy atom. The van der Waals surface area contributed by atoms with E-state index in [9.17, 15) is 9.59 Å². The first-order chi connectivity index (χ1) is 8.15. The van der Waals surface area contributed by atoms with E-state index in [0.29, 0.717) is 12.8 Å². The van der Waals surface area contributed by atoms with Gasteiger partial charge in [-0.2, -0.15) is 0 Å². The number of allylic oxidation sites excluding steroid dienone is 1. The Morgan fingerprint density at radius 2 is 1.89 bits per heavy atom. The highest BCUT2D eigenvalue weighted by Gasteiger charge is 2.19. The second-order valence-corrected chi connectivity index (χ2v) is 4.21. The van der Waals surface area contributed by atoms with Gasteiger partial charge in [-0.05, 0) is 6.42 Å². The van der Waals surface area contributed by atoms with Gasteiger partial charge in [0.15, 0.2) is 0 Å². The fourth-order valence-corrected chi connectivity index (χ4v) is 1.72. The summed E-state index contributed by atoms with van der Waals surface area (Å²) < 4.78 is 0. The minimum Gasteiger partial charge on any atom is -0.339 e. The second-order valence-electron chi connectivity index (χ2n) is 4.21. The normalized spacial score (nSPS) is 13.8. The third-order valence-electron chi connectivity index (χ3n) is 2.83. The van der Waals surface area contributed by atoms with Gasteiger partial charge in [0.25, 0.3) is 0 Å². The van der Waals surface area contributed by atoms with Crippen molar-refractivity contribution in [3.63, 3.8) is 0 Å². The van der Waals surface area contributed by atoms with Crippen LogP contribution in [-0.4, -0.2) is 61.4 Å². The number of hydrogen-bond acceptors (Lipinski definition) is 3. The second kappa shape index (κ2) is 11.1. The third-order valence-corrected chi connectivity index (χ3v) is 2.83. The van der Waals surface area contributed by atoms with Crippen molar-refractivity contribution >= 4 is 36.6 Å². The molecule has 1 N–H and O–H groups in total. The van der Waals surface area contributed by atoms with E-state index < -0.39 is 0 Å². The molecule has 0 saturated carbocycles. The van der Waals surface area contributed by atoms with Crippen LogP contribution in [0.15, 0.2) is 12.7 Å². The van der Waals surface area contributed by atoms with Gasteiger partial charge in [0.05, 0.1) is 6.54 Å². The smallest absolute Gasteiger partial charge is 0.242 e. The van der Waals surface area contributed by atoms with Gasteiger partial charge in [0.1, 0.15) is 0 Å². The maximum absolute atomic E-state index is 11.9. The van der Waals surface area contributed by atoms with Crippen molar-refractivity contribution in [1.29, 1.82) is 0 Å². The van der Waals surface area contributed by atoms with E-state index in [1.165, 1.54) is 4.90 Å². The molecule has 7 heteroatoms. The molecule has 0 aromatic heterocycles. The lowest BCUT2D eigenvalue weighted by molar-refractivity contribution is -0.139. The molecular formula is C12H23Cl2N3O2. The minimum atomic E-state index is -0.00613. The predicted octanol–water partition coefficient (Wildman–Crippen LogP) is 0.686. The summed E-state index contributed by atoms with van der Waals surface area (Å²) in [5.74, 6) is 0.0225. The lowest BCUT2D eigenvalue weighted by Gasteiger charge is -2.29. The first-order valence-corrected chi connectivity index (χ1v) is 5.98. The van der Waals surface area contributed by atoms with E-state index in [2.05, 4.69) is 11.9 Å². The Balaban J connectivity index is 0. The standard InChI is InChI=1S/C12H21N3O2.2ClH/c1-3-4-5-11(16)14(2)10-12(17)15-8-6-13-7-9-15;;/h3,13H,1,4-10H2,2H3;2*1H. The summed E-state index contributed by atoms with van der Waals surface area (Å²) in [5.41, 5.74) is 0. The van der Waals surface area contributed by atoms with E-state index in [1.54, 1.807) is 18.0 Å². The van der Waals surface area contributed by atoms with Gasteiger partial charge in [-0.3, -0.25) is 9.59 Å². The molecule has 2 amide bonds. The van der Waals surface area contributed by atoms with Gasteiger partial charge in [0.2, 0.25) is 11.8 Å². The fraction of sp³-hybridized carbons (Fsp3) is 0.667. The van der Waals surface area contributed by atoms with Crippen molar-refractivity contribution in [2.24, 2.45) is 0 Å². The molecule has 1 aliphatic rings.